The SMILES string of the molecule is COc1ncnc2c1nc(N)n2-c1ccccc1C(C)C. The van der Waals surface area contributed by atoms with Crippen LogP contribution in [0.15, 0.2) is 30.6 Å². The minimum Gasteiger partial charge on any atom is -0.479 e. The first-order chi connectivity index (χ1) is 10.1. The van der Waals surface area contributed by atoms with Gasteiger partial charge < -0.3 is 10.5 Å². The van der Waals surface area contributed by atoms with Crippen LogP contribution in [0.3, 0.4) is 0 Å². The minimum absolute atomic E-state index is 0.363. The third kappa shape index (κ3) is 2.08. The summed E-state index contributed by atoms with van der Waals surface area (Å²) < 4.78 is 7.07. The molecule has 1 aromatic carbocycles. The third-order valence-electron chi connectivity index (χ3n) is 3.43. The Morgan fingerprint density at radius 2 is 1.95 bits per heavy atom. The molecule has 0 unspecified atom stereocenters. The number of fused-ring (bicyclic) bond motifs is 1. The molecule has 0 saturated heterocycles. The van der Waals surface area contributed by atoms with E-state index in [0.29, 0.717) is 28.9 Å². The number of ether oxygens (including phenoxy) is 1. The highest BCUT2D eigenvalue weighted by atomic mass is 16.5. The van der Waals surface area contributed by atoms with Gasteiger partial charge in [0.25, 0.3) is 0 Å². The zero-order chi connectivity index (χ0) is 15.0. The van der Waals surface area contributed by atoms with Crippen LogP contribution in [0.4, 0.5) is 5.95 Å². The van der Waals surface area contributed by atoms with Crippen molar-refractivity contribution in [2.75, 3.05) is 12.8 Å². The van der Waals surface area contributed by atoms with Gasteiger partial charge in [-0.15, -0.1) is 0 Å². The van der Waals surface area contributed by atoms with Gasteiger partial charge in [-0.25, -0.2) is 9.97 Å². The largest absolute Gasteiger partial charge is 0.479 e. The van der Waals surface area contributed by atoms with E-state index in [4.69, 9.17) is 10.5 Å². The third-order valence-corrected chi connectivity index (χ3v) is 3.43. The lowest BCUT2D eigenvalue weighted by Gasteiger charge is -2.14. The average Bonchev–Trinajstić information content (AvgIpc) is 2.82. The quantitative estimate of drug-likeness (QED) is 0.799. The molecule has 3 rings (SSSR count). The molecule has 0 aliphatic carbocycles. The molecule has 0 bridgehead atoms. The molecule has 6 heteroatoms. The zero-order valence-electron chi connectivity index (χ0n) is 12.2. The molecule has 21 heavy (non-hydrogen) atoms. The van der Waals surface area contributed by atoms with Crippen LogP contribution in [0.5, 0.6) is 5.88 Å². The lowest BCUT2D eigenvalue weighted by Crippen LogP contribution is -2.05. The monoisotopic (exact) mass is 283 g/mol. The second-order valence-electron chi connectivity index (χ2n) is 5.07. The number of benzene rings is 1. The number of methoxy groups -OCH3 is 1. The molecule has 0 aliphatic heterocycles. The van der Waals surface area contributed by atoms with E-state index >= 15 is 0 Å². The van der Waals surface area contributed by atoms with Crippen LogP contribution in [0.2, 0.25) is 0 Å². The molecule has 108 valence electrons. The van der Waals surface area contributed by atoms with E-state index < -0.39 is 0 Å². The number of para-hydroxylation sites is 1. The fraction of sp³-hybridized carbons (Fsp3) is 0.267. The number of nitrogen functional groups attached to an aromatic ring is 1. The Balaban J connectivity index is 2.34. The second-order valence-corrected chi connectivity index (χ2v) is 5.07. The lowest BCUT2D eigenvalue weighted by atomic mass is 10.0. The van der Waals surface area contributed by atoms with Crippen molar-refractivity contribution < 1.29 is 4.74 Å². The van der Waals surface area contributed by atoms with Crippen molar-refractivity contribution in [2.45, 2.75) is 19.8 Å². The topological polar surface area (TPSA) is 78.8 Å². The van der Waals surface area contributed by atoms with Gasteiger partial charge >= 0.3 is 0 Å². The van der Waals surface area contributed by atoms with E-state index in [0.717, 1.165) is 5.69 Å². The fourth-order valence-electron chi connectivity index (χ4n) is 2.45. The Hall–Kier alpha value is -2.63. The van der Waals surface area contributed by atoms with E-state index in [1.54, 1.807) is 7.11 Å². The van der Waals surface area contributed by atoms with Gasteiger partial charge in [0.2, 0.25) is 11.8 Å². The molecular formula is C15H17N5O. The predicted octanol–water partition coefficient (Wildman–Crippen LogP) is 2.53. The molecule has 3 aromatic rings. The molecule has 0 radical (unpaired) electrons. The fourth-order valence-corrected chi connectivity index (χ4v) is 2.45. The number of rotatable bonds is 3. The smallest absolute Gasteiger partial charge is 0.245 e. The maximum Gasteiger partial charge on any atom is 0.245 e. The van der Waals surface area contributed by atoms with Crippen molar-refractivity contribution in [3.8, 4) is 11.6 Å². The Kier molecular flexibility index (Phi) is 3.21. The molecule has 0 saturated carbocycles. The summed E-state index contributed by atoms with van der Waals surface area (Å²) in [6.07, 6.45) is 1.46. The van der Waals surface area contributed by atoms with Crippen LogP contribution in [0, 0.1) is 0 Å². The molecule has 2 aromatic heterocycles. The Bertz CT molecular complexity index is 794. The minimum atomic E-state index is 0.363. The van der Waals surface area contributed by atoms with Crippen LogP contribution in [-0.2, 0) is 0 Å². The summed E-state index contributed by atoms with van der Waals surface area (Å²) in [7, 11) is 1.55. The predicted molar refractivity (Wildman–Crippen MR) is 81.7 cm³/mol. The maximum atomic E-state index is 6.11. The maximum absolute atomic E-state index is 6.11. The molecule has 6 nitrogen and oxygen atoms in total. The van der Waals surface area contributed by atoms with E-state index in [-0.39, 0.29) is 0 Å². The van der Waals surface area contributed by atoms with Crippen molar-refractivity contribution in [3.63, 3.8) is 0 Å². The molecule has 2 N–H and O–H groups in total. The zero-order valence-corrected chi connectivity index (χ0v) is 12.2. The number of aromatic nitrogens is 4. The van der Waals surface area contributed by atoms with Crippen molar-refractivity contribution >= 4 is 17.1 Å². The lowest BCUT2D eigenvalue weighted by molar-refractivity contribution is 0.401. The van der Waals surface area contributed by atoms with E-state index in [1.165, 1.54) is 11.9 Å². The first kappa shape index (κ1) is 13.4. The number of hydrogen-bond acceptors (Lipinski definition) is 5. The van der Waals surface area contributed by atoms with Crippen molar-refractivity contribution in [2.24, 2.45) is 0 Å². The molecule has 0 spiro atoms. The average molecular weight is 283 g/mol. The van der Waals surface area contributed by atoms with E-state index in [1.807, 2.05) is 22.8 Å². The Labute approximate surface area is 122 Å². The second kappa shape index (κ2) is 5.05. The highest BCUT2D eigenvalue weighted by Gasteiger charge is 2.18. The van der Waals surface area contributed by atoms with Gasteiger partial charge in [-0.05, 0) is 17.5 Å². The summed E-state index contributed by atoms with van der Waals surface area (Å²) in [5, 5.41) is 0. The number of anilines is 1. The summed E-state index contributed by atoms with van der Waals surface area (Å²) in [6.45, 7) is 4.29. The molecule has 0 fully saturated rings. The van der Waals surface area contributed by atoms with Crippen molar-refractivity contribution in [3.05, 3.63) is 36.2 Å². The van der Waals surface area contributed by atoms with Gasteiger partial charge in [-0.2, -0.15) is 4.98 Å². The van der Waals surface area contributed by atoms with Crippen LogP contribution in [0.25, 0.3) is 16.9 Å². The highest BCUT2D eigenvalue weighted by molar-refractivity contribution is 5.81. The van der Waals surface area contributed by atoms with Gasteiger partial charge in [-0.1, -0.05) is 32.0 Å². The summed E-state index contributed by atoms with van der Waals surface area (Å²) >= 11 is 0. The Morgan fingerprint density at radius 3 is 2.67 bits per heavy atom. The molecule has 0 atom stereocenters. The summed E-state index contributed by atoms with van der Waals surface area (Å²) in [5.41, 5.74) is 9.48. The van der Waals surface area contributed by atoms with Crippen LogP contribution in [0.1, 0.15) is 25.3 Å². The summed E-state index contributed by atoms with van der Waals surface area (Å²) in [5.74, 6) is 1.16. The first-order valence-corrected chi connectivity index (χ1v) is 6.75. The summed E-state index contributed by atoms with van der Waals surface area (Å²) in [4.78, 5) is 12.7. The number of imidazole rings is 1. The summed E-state index contributed by atoms with van der Waals surface area (Å²) in [6, 6.07) is 8.10. The van der Waals surface area contributed by atoms with Crippen molar-refractivity contribution in [1.29, 1.82) is 0 Å². The van der Waals surface area contributed by atoms with E-state index in [9.17, 15) is 0 Å². The Morgan fingerprint density at radius 1 is 1.19 bits per heavy atom. The van der Waals surface area contributed by atoms with Crippen LogP contribution >= 0.6 is 0 Å². The van der Waals surface area contributed by atoms with Crippen LogP contribution in [-0.4, -0.2) is 26.6 Å². The van der Waals surface area contributed by atoms with Gasteiger partial charge in [0.15, 0.2) is 11.2 Å². The number of nitrogens with two attached hydrogens (primary N) is 1. The van der Waals surface area contributed by atoms with Crippen LogP contribution < -0.4 is 10.5 Å². The van der Waals surface area contributed by atoms with Gasteiger partial charge in [0.1, 0.15) is 6.33 Å². The first-order valence-electron chi connectivity index (χ1n) is 6.75. The molecule has 0 amide bonds. The molecule has 2 heterocycles. The molecule has 0 aliphatic rings. The van der Waals surface area contributed by atoms with Crippen molar-refractivity contribution in [1.82, 2.24) is 19.5 Å². The number of hydrogen-bond donors (Lipinski definition) is 1. The standard InChI is InChI=1S/C15H17N5O/c1-9(2)10-6-4-5-7-11(10)20-13-12(19-15(20)16)14(21-3)18-8-17-13/h4-9H,1-3H3,(H2,16,19). The van der Waals surface area contributed by atoms with Gasteiger partial charge in [0, 0.05) is 0 Å². The highest BCUT2D eigenvalue weighted by Crippen LogP contribution is 2.30. The van der Waals surface area contributed by atoms with E-state index in [2.05, 4.69) is 34.9 Å². The van der Waals surface area contributed by atoms with Gasteiger partial charge in [-0.3, -0.25) is 4.57 Å². The van der Waals surface area contributed by atoms with Gasteiger partial charge in [0.05, 0.1) is 12.8 Å². The number of nitrogens with zero attached hydrogens (tertiary/aromatic N) is 4. The normalized spacial score (nSPS) is 11.2. The molecular weight excluding hydrogens is 266 g/mol.